The zero-order valence-electron chi connectivity index (χ0n) is 15.6. The van der Waals surface area contributed by atoms with E-state index in [-0.39, 0.29) is 12.4 Å². The number of halogens is 1. The molecule has 1 fully saturated rings. The fourth-order valence-corrected chi connectivity index (χ4v) is 3.53. The Balaban J connectivity index is 0.00000243. The molecular formula is C22H29ClN2O. The van der Waals surface area contributed by atoms with Gasteiger partial charge in [-0.1, -0.05) is 50.2 Å². The summed E-state index contributed by atoms with van der Waals surface area (Å²) >= 11 is 0. The van der Waals surface area contributed by atoms with Crippen LogP contribution in [0, 0.1) is 5.41 Å². The van der Waals surface area contributed by atoms with Crippen molar-refractivity contribution in [2.45, 2.75) is 52.1 Å². The summed E-state index contributed by atoms with van der Waals surface area (Å²) in [6.45, 7) is 5.65. The first-order chi connectivity index (χ1) is 11.9. The number of carbonyl (C=O) groups excluding carboxylic acids is 1. The summed E-state index contributed by atoms with van der Waals surface area (Å²) in [5.74, 6) is -0.390. The van der Waals surface area contributed by atoms with Crippen molar-refractivity contribution >= 4 is 18.3 Å². The second kappa shape index (κ2) is 8.70. The third kappa shape index (κ3) is 5.33. The van der Waals surface area contributed by atoms with E-state index in [2.05, 4.69) is 43.4 Å². The van der Waals surface area contributed by atoms with Gasteiger partial charge in [0.15, 0.2) is 0 Å². The number of primary amides is 1. The number of benzene rings is 2. The molecule has 0 atom stereocenters. The van der Waals surface area contributed by atoms with Crippen molar-refractivity contribution < 1.29 is 4.79 Å². The number of hydrogen-bond donors (Lipinski definition) is 2. The lowest BCUT2D eigenvalue weighted by molar-refractivity contribution is 0.100. The van der Waals surface area contributed by atoms with E-state index < -0.39 is 5.91 Å². The SMILES string of the molecule is CC1(C)CCC(NCc2ccc(-c3cccc(C(N)=O)c3)cc2)CC1.Cl. The van der Waals surface area contributed by atoms with Crippen molar-refractivity contribution in [3.63, 3.8) is 0 Å². The van der Waals surface area contributed by atoms with Gasteiger partial charge in [-0.15, -0.1) is 12.4 Å². The van der Waals surface area contributed by atoms with Gasteiger partial charge in [-0.25, -0.2) is 0 Å². The molecular weight excluding hydrogens is 344 g/mol. The largest absolute Gasteiger partial charge is 0.366 e. The van der Waals surface area contributed by atoms with Crippen LogP contribution in [0.4, 0.5) is 0 Å². The third-order valence-corrected chi connectivity index (χ3v) is 5.37. The van der Waals surface area contributed by atoms with Gasteiger partial charge in [-0.2, -0.15) is 0 Å². The average molecular weight is 373 g/mol. The molecule has 26 heavy (non-hydrogen) atoms. The molecule has 0 radical (unpaired) electrons. The maximum atomic E-state index is 11.3. The Morgan fingerprint density at radius 1 is 1.08 bits per heavy atom. The third-order valence-electron chi connectivity index (χ3n) is 5.37. The van der Waals surface area contributed by atoms with Crippen LogP contribution in [0.1, 0.15) is 55.5 Å². The Kier molecular flexibility index (Phi) is 6.85. The highest BCUT2D eigenvalue weighted by molar-refractivity contribution is 5.94. The molecule has 2 aromatic rings. The van der Waals surface area contributed by atoms with Crippen molar-refractivity contribution in [2.24, 2.45) is 11.1 Å². The normalized spacial score (nSPS) is 16.7. The first kappa shape index (κ1) is 20.5. The number of hydrogen-bond acceptors (Lipinski definition) is 2. The van der Waals surface area contributed by atoms with Crippen molar-refractivity contribution in [3.05, 3.63) is 59.7 Å². The maximum absolute atomic E-state index is 11.3. The topological polar surface area (TPSA) is 55.1 Å². The quantitative estimate of drug-likeness (QED) is 0.781. The van der Waals surface area contributed by atoms with Crippen LogP contribution in [0.2, 0.25) is 0 Å². The van der Waals surface area contributed by atoms with Crippen molar-refractivity contribution in [3.8, 4) is 11.1 Å². The molecule has 0 unspecified atom stereocenters. The van der Waals surface area contributed by atoms with Gasteiger partial charge in [0.1, 0.15) is 0 Å². The summed E-state index contributed by atoms with van der Waals surface area (Å²) in [6.07, 6.45) is 5.15. The van der Waals surface area contributed by atoms with Crippen LogP contribution < -0.4 is 11.1 Å². The Morgan fingerprint density at radius 2 is 1.73 bits per heavy atom. The van der Waals surface area contributed by atoms with Crippen molar-refractivity contribution in [1.82, 2.24) is 5.32 Å². The van der Waals surface area contributed by atoms with Gasteiger partial charge in [-0.3, -0.25) is 4.79 Å². The minimum Gasteiger partial charge on any atom is -0.366 e. The van der Waals surface area contributed by atoms with Gasteiger partial charge in [0.05, 0.1) is 0 Å². The zero-order valence-corrected chi connectivity index (χ0v) is 16.4. The smallest absolute Gasteiger partial charge is 0.248 e. The monoisotopic (exact) mass is 372 g/mol. The molecule has 1 amide bonds. The highest BCUT2D eigenvalue weighted by atomic mass is 35.5. The van der Waals surface area contributed by atoms with Crippen LogP contribution in [0.15, 0.2) is 48.5 Å². The van der Waals surface area contributed by atoms with Crippen molar-refractivity contribution in [2.75, 3.05) is 0 Å². The molecule has 3 nitrogen and oxygen atoms in total. The van der Waals surface area contributed by atoms with E-state index in [1.807, 2.05) is 18.2 Å². The molecule has 1 aliphatic carbocycles. The van der Waals surface area contributed by atoms with Gasteiger partial charge < -0.3 is 11.1 Å². The van der Waals surface area contributed by atoms with E-state index in [0.29, 0.717) is 17.0 Å². The average Bonchev–Trinajstić information content (AvgIpc) is 2.61. The van der Waals surface area contributed by atoms with Crippen LogP contribution >= 0.6 is 12.4 Å². The number of carbonyl (C=O) groups is 1. The molecule has 0 bridgehead atoms. The first-order valence-corrected chi connectivity index (χ1v) is 9.15. The highest BCUT2D eigenvalue weighted by Gasteiger charge is 2.26. The lowest BCUT2D eigenvalue weighted by atomic mass is 9.75. The second-order valence-electron chi connectivity index (χ2n) is 7.96. The zero-order chi connectivity index (χ0) is 17.9. The van der Waals surface area contributed by atoms with Gasteiger partial charge >= 0.3 is 0 Å². The standard InChI is InChI=1S/C22H28N2O.ClH/c1-22(2)12-10-20(11-13-22)24-15-16-6-8-17(9-7-16)18-4-3-5-19(14-18)21(23)25;/h3-9,14,20,24H,10-13,15H2,1-2H3,(H2,23,25);1H. The van der Waals surface area contributed by atoms with Gasteiger partial charge in [-0.05, 0) is 59.9 Å². The first-order valence-electron chi connectivity index (χ1n) is 9.15. The number of nitrogens with one attached hydrogen (secondary N) is 1. The fraction of sp³-hybridized carbons (Fsp3) is 0.409. The van der Waals surface area contributed by atoms with Crippen LogP contribution in [0.3, 0.4) is 0 Å². The van der Waals surface area contributed by atoms with E-state index in [1.54, 1.807) is 6.07 Å². The molecule has 1 saturated carbocycles. The Labute approximate surface area is 162 Å². The fourth-order valence-electron chi connectivity index (χ4n) is 3.53. The molecule has 2 aromatic carbocycles. The summed E-state index contributed by atoms with van der Waals surface area (Å²) in [6, 6.07) is 16.6. The van der Waals surface area contributed by atoms with E-state index in [4.69, 9.17) is 5.73 Å². The van der Waals surface area contributed by atoms with Crippen LogP contribution in [-0.2, 0) is 6.54 Å². The molecule has 140 valence electrons. The molecule has 0 heterocycles. The number of nitrogens with two attached hydrogens (primary N) is 1. The van der Waals surface area contributed by atoms with Crippen LogP contribution in [0.25, 0.3) is 11.1 Å². The molecule has 1 aliphatic rings. The summed E-state index contributed by atoms with van der Waals surface area (Å²) < 4.78 is 0. The second-order valence-corrected chi connectivity index (χ2v) is 7.96. The van der Waals surface area contributed by atoms with Crippen LogP contribution in [0.5, 0.6) is 0 Å². The molecule has 0 saturated heterocycles. The summed E-state index contributed by atoms with van der Waals surface area (Å²) in [5.41, 5.74) is 9.84. The Bertz CT molecular complexity index is 730. The van der Waals surface area contributed by atoms with Gasteiger partial charge in [0, 0.05) is 18.2 Å². The molecule has 0 spiro atoms. The molecule has 4 heteroatoms. The molecule has 3 N–H and O–H groups in total. The summed E-state index contributed by atoms with van der Waals surface area (Å²) in [4.78, 5) is 11.3. The number of rotatable bonds is 5. The van der Waals surface area contributed by atoms with E-state index in [1.165, 1.54) is 31.2 Å². The Hall–Kier alpha value is -1.84. The minimum absolute atomic E-state index is 0. The maximum Gasteiger partial charge on any atom is 0.248 e. The highest BCUT2D eigenvalue weighted by Crippen LogP contribution is 2.35. The lowest BCUT2D eigenvalue weighted by Gasteiger charge is -2.34. The molecule has 0 aromatic heterocycles. The molecule has 3 rings (SSSR count). The van der Waals surface area contributed by atoms with Crippen LogP contribution in [-0.4, -0.2) is 11.9 Å². The summed E-state index contributed by atoms with van der Waals surface area (Å²) in [5, 5.41) is 3.70. The Morgan fingerprint density at radius 3 is 2.35 bits per heavy atom. The lowest BCUT2D eigenvalue weighted by Crippen LogP contribution is -2.35. The predicted octanol–water partition coefficient (Wildman–Crippen LogP) is 4.93. The minimum atomic E-state index is -0.390. The van der Waals surface area contributed by atoms with Gasteiger partial charge in [0.2, 0.25) is 5.91 Å². The van der Waals surface area contributed by atoms with Crippen molar-refractivity contribution in [1.29, 1.82) is 0 Å². The number of amides is 1. The van der Waals surface area contributed by atoms with E-state index in [9.17, 15) is 4.79 Å². The predicted molar refractivity (Wildman–Crippen MR) is 111 cm³/mol. The summed E-state index contributed by atoms with van der Waals surface area (Å²) in [7, 11) is 0. The molecule has 0 aliphatic heterocycles. The van der Waals surface area contributed by atoms with E-state index >= 15 is 0 Å². The van der Waals surface area contributed by atoms with Gasteiger partial charge in [0.25, 0.3) is 0 Å². The van der Waals surface area contributed by atoms with E-state index in [0.717, 1.165) is 17.7 Å².